The molecular formula is C13H10BrFO3S. The molecular weight excluding hydrogens is 335 g/mol. The van der Waals surface area contributed by atoms with Crippen LogP contribution >= 0.6 is 27.3 Å². The van der Waals surface area contributed by atoms with Crippen LogP contribution in [0.3, 0.4) is 0 Å². The highest BCUT2D eigenvalue weighted by molar-refractivity contribution is 9.10. The molecule has 100 valence electrons. The van der Waals surface area contributed by atoms with Crippen LogP contribution in [0.15, 0.2) is 28.7 Å². The lowest BCUT2D eigenvalue weighted by Crippen LogP contribution is -1.96. The molecule has 1 aromatic carbocycles. The number of aromatic carboxylic acids is 1. The summed E-state index contributed by atoms with van der Waals surface area (Å²) in [6.07, 6.45) is 0. The molecule has 1 heterocycles. The Bertz CT molecular complexity index is 624. The zero-order chi connectivity index (χ0) is 14.0. The average Bonchev–Trinajstić information content (AvgIpc) is 2.73. The molecule has 0 unspecified atom stereocenters. The van der Waals surface area contributed by atoms with Gasteiger partial charge in [0.15, 0.2) is 0 Å². The Hall–Kier alpha value is -1.40. The number of halogens is 2. The number of aryl methyl sites for hydroxylation is 1. The van der Waals surface area contributed by atoms with E-state index in [0.29, 0.717) is 10.2 Å². The predicted molar refractivity (Wildman–Crippen MR) is 74.4 cm³/mol. The molecule has 0 fully saturated rings. The van der Waals surface area contributed by atoms with E-state index < -0.39 is 5.97 Å². The SMILES string of the molecule is Cc1sc(C(=O)O)cc1COc1ccc(F)c(Br)c1. The van der Waals surface area contributed by atoms with Gasteiger partial charge in [-0.3, -0.25) is 0 Å². The fourth-order valence-electron chi connectivity index (χ4n) is 1.50. The van der Waals surface area contributed by atoms with Crippen LogP contribution in [-0.4, -0.2) is 11.1 Å². The van der Waals surface area contributed by atoms with Crippen molar-refractivity contribution >= 4 is 33.2 Å². The maximum absolute atomic E-state index is 13.1. The van der Waals surface area contributed by atoms with Gasteiger partial charge in [-0.1, -0.05) is 0 Å². The maximum Gasteiger partial charge on any atom is 0.345 e. The van der Waals surface area contributed by atoms with Crippen LogP contribution in [0, 0.1) is 12.7 Å². The molecule has 19 heavy (non-hydrogen) atoms. The second-order valence-electron chi connectivity index (χ2n) is 3.86. The Kier molecular flexibility index (Phi) is 4.21. The third-order valence-corrected chi connectivity index (χ3v) is 4.21. The molecule has 3 nitrogen and oxygen atoms in total. The number of carboxylic acid groups (broad SMARTS) is 1. The van der Waals surface area contributed by atoms with E-state index in [-0.39, 0.29) is 17.3 Å². The lowest BCUT2D eigenvalue weighted by Gasteiger charge is -2.06. The fourth-order valence-corrected chi connectivity index (χ4v) is 2.72. The first kappa shape index (κ1) is 14.0. The van der Waals surface area contributed by atoms with Gasteiger partial charge in [0, 0.05) is 10.4 Å². The summed E-state index contributed by atoms with van der Waals surface area (Å²) in [6, 6.07) is 5.97. The van der Waals surface area contributed by atoms with Crippen molar-refractivity contribution in [2.75, 3.05) is 0 Å². The van der Waals surface area contributed by atoms with Gasteiger partial charge in [0.25, 0.3) is 0 Å². The molecule has 1 aromatic heterocycles. The lowest BCUT2D eigenvalue weighted by atomic mass is 10.2. The van der Waals surface area contributed by atoms with E-state index in [1.165, 1.54) is 29.5 Å². The molecule has 1 N–H and O–H groups in total. The van der Waals surface area contributed by atoms with E-state index >= 15 is 0 Å². The normalized spacial score (nSPS) is 10.5. The first-order valence-corrected chi connectivity index (χ1v) is 6.99. The predicted octanol–water partition coefficient (Wildman–Crippen LogP) is 4.24. The highest BCUT2D eigenvalue weighted by Crippen LogP contribution is 2.25. The third-order valence-electron chi connectivity index (χ3n) is 2.52. The van der Waals surface area contributed by atoms with Gasteiger partial charge in [-0.15, -0.1) is 11.3 Å². The molecule has 0 aliphatic heterocycles. The summed E-state index contributed by atoms with van der Waals surface area (Å²) in [7, 11) is 0. The van der Waals surface area contributed by atoms with Gasteiger partial charge in [0.1, 0.15) is 23.1 Å². The first-order valence-electron chi connectivity index (χ1n) is 5.38. The van der Waals surface area contributed by atoms with E-state index in [9.17, 15) is 9.18 Å². The summed E-state index contributed by atoms with van der Waals surface area (Å²) in [4.78, 5) is 12.0. The highest BCUT2D eigenvalue weighted by atomic mass is 79.9. The van der Waals surface area contributed by atoms with Crippen molar-refractivity contribution in [2.45, 2.75) is 13.5 Å². The number of carboxylic acids is 1. The molecule has 0 aliphatic rings. The van der Waals surface area contributed by atoms with Gasteiger partial charge in [-0.25, -0.2) is 9.18 Å². The lowest BCUT2D eigenvalue weighted by molar-refractivity contribution is 0.0702. The van der Waals surface area contributed by atoms with Gasteiger partial charge in [0.2, 0.25) is 0 Å². The Balaban J connectivity index is 2.09. The molecule has 0 spiro atoms. The summed E-state index contributed by atoms with van der Waals surface area (Å²) in [5.74, 6) is -0.771. The van der Waals surface area contributed by atoms with Crippen molar-refractivity contribution in [2.24, 2.45) is 0 Å². The molecule has 0 aliphatic carbocycles. The van der Waals surface area contributed by atoms with E-state index in [2.05, 4.69) is 15.9 Å². The fraction of sp³-hybridized carbons (Fsp3) is 0.154. The number of benzene rings is 1. The summed E-state index contributed by atoms with van der Waals surface area (Å²) in [5.41, 5.74) is 0.822. The highest BCUT2D eigenvalue weighted by Gasteiger charge is 2.11. The van der Waals surface area contributed by atoms with Gasteiger partial charge in [-0.05, 0) is 47.1 Å². The number of hydrogen-bond acceptors (Lipinski definition) is 3. The van der Waals surface area contributed by atoms with Crippen molar-refractivity contribution in [3.8, 4) is 5.75 Å². The van der Waals surface area contributed by atoms with Crippen molar-refractivity contribution in [3.63, 3.8) is 0 Å². The largest absolute Gasteiger partial charge is 0.489 e. The van der Waals surface area contributed by atoms with Crippen LogP contribution in [0.1, 0.15) is 20.1 Å². The zero-order valence-corrected chi connectivity index (χ0v) is 12.3. The molecule has 0 saturated heterocycles. The minimum Gasteiger partial charge on any atom is -0.489 e. The van der Waals surface area contributed by atoms with Gasteiger partial charge in [0.05, 0.1) is 4.47 Å². The molecule has 2 aromatic rings. The molecule has 0 atom stereocenters. The average molecular weight is 345 g/mol. The van der Waals surface area contributed by atoms with Crippen molar-refractivity contribution in [1.29, 1.82) is 0 Å². The second kappa shape index (κ2) is 5.71. The van der Waals surface area contributed by atoms with Crippen LogP contribution in [0.25, 0.3) is 0 Å². The number of rotatable bonds is 4. The second-order valence-corrected chi connectivity index (χ2v) is 5.97. The van der Waals surface area contributed by atoms with Crippen molar-refractivity contribution in [1.82, 2.24) is 0 Å². The number of ether oxygens (including phenoxy) is 1. The Morgan fingerprint density at radius 1 is 1.47 bits per heavy atom. The Morgan fingerprint density at radius 3 is 2.79 bits per heavy atom. The Labute approximate surface area is 121 Å². The summed E-state index contributed by atoms with van der Waals surface area (Å²) >= 11 is 4.29. The van der Waals surface area contributed by atoms with E-state index in [0.717, 1.165) is 10.4 Å². The quantitative estimate of drug-likeness (QED) is 0.902. The number of hydrogen-bond donors (Lipinski definition) is 1. The number of carbonyl (C=O) groups is 1. The van der Waals surface area contributed by atoms with Crippen LogP contribution in [0.2, 0.25) is 0 Å². The minimum absolute atomic E-state index is 0.258. The van der Waals surface area contributed by atoms with Gasteiger partial charge < -0.3 is 9.84 Å². The van der Waals surface area contributed by atoms with Gasteiger partial charge in [-0.2, -0.15) is 0 Å². The molecule has 6 heteroatoms. The van der Waals surface area contributed by atoms with E-state index in [4.69, 9.17) is 9.84 Å². The van der Waals surface area contributed by atoms with E-state index in [1.807, 2.05) is 6.92 Å². The van der Waals surface area contributed by atoms with Gasteiger partial charge >= 0.3 is 5.97 Å². The van der Waals surface area contributed by atoms with Crippen LogP contribution in [0.5, 0.6) is 5.75 Å². The van der Waals surface area contributed by atoms with Crippen molar-refractivity contribution in [3.05, 3.63) is 49.9 Å². The van der Waals surface area contributed by atoms with Crippen molar-refractivity contribution < 1.29 is 19.0 Å². The summed E-state index contributed by atoms with van der Waals surface area (Å²) < 4.78 is 18.9. The van der Waals surface area contributed by atoms with Crippen LogP contribution < -0.4 is 4.74 Å². The topological polar surface area (TPSA) is 46.5 Å². The molecule has 0 saturated carbocycles. The standard InChI is InChI=1S/C13H10BrFO3S/c1-7-8(4-12(19-7)13(16)17)6-18-9-2-3-11(15)10(14)5-9/h2-5H,6H2,1H3,(H,16,17). The smallest absolute Gasteiger partial charge is 0.345 e. The molecule has 0 radical (unpaired) electrons. The van der Waals surface area contributed by atoms with Crippen LogP contribution in [0.4, 0.5) is 4.39 Å². The molecule has 0 amide bonds. The van der Waals surface area contributed by atoms with Crippen LogP contribution in [-0.2, 0) is 6.61 Å². The third kappa shape index (κ3) is 3.33. The monoisotopic (exact) mass is 344 g/mol. The molecule has 2 rings (SSSR count). The number of thiophene rings is 1. The zero-order valence-electron chi connectivity index (χ0n) is 9.94. The first-order chi connectivity index (χ1) is 8.97. The molecule has 0 bridgehead atoms. The summed E-state index contributed by atoms with van der Waals surface area (Å²) in [6.45, 7) is 2.10. The summed E-state index contributed by atoms with van der Waals surface area (Å²) in [5, 5.41) is 8.90. The van der Waals surface area contributed by atoms with E-state index in [1.54, 1.807) is 6.07 Å². The Morgan fingerprint density at radius 2 is 2.21 bits per heavy atom. The maximum atomic E-state index is 13.1. The minimum atomic E-state index is -0.941.